The lowest BCUT2D eigenvalue weighted by atomic mass is 10.1. The monoisotopic (exact) mass is 231 g/mol. The molecule has 96 valence electrons. The molecular formula is C12H25NO3. The molecule has 0 aromatic heterocycles. The van der Waals surface area contributed by atoms with Gasteiger partial charge in [0, 0.05) is 19.8 Å². The van der Waals surface area contributed by atoms with Crippen LogP contribution >= 0.6 is 0 Å². The third kappa shape index (κ3) is 5.25. The zero-order valence-electron chi connectivity index (χ0n) is 10.4. The fourth-order valence-corrected chi connectivity index (χ4v) is 2.18. The van der Waals surface area contributed by atoms with E-state index in [1.165, 1.54) is 0 Å². The van der Waals surface area contributed by atoms with E-state index in [9.17, 15) is 5.11 Å². The minimum atomic E-state index is -0.138. The van der Waals surface area contributed by atoms with E-state index < -0.39 is 0 Å². The van der Waals surface area contributed by atoms with Crippen molar-refractivity contribution in [2.24, 2.45) is 5.92 Å². The zero-order valence-corrected chi connectivity index (χ0v) is 10.4. The summed E-state index contributed by atoms with van der Waals surface area (Å²) in [6, 6.07) is 0. The van der Waals surface area contributed by atoms with Crippen LogP contribution in [0.15, 0.2) is 0 Å². The molecule has 1 saturated carbocycles. The van der Waals surface area contributed by atoms with Crippen LogP contribution in [0.4, 0.5) is 0 Å². The highest BCUT2D eigenvalue weighted by atomic mass is 16.7. The Balaban J connectivity index is 2.07. The summed E-state index contributed by atoms with van der Waals surface area (Å²) in [4.78, 5) is 0. The Bertz CT molecular complexity index is 172. The Morgan fingerprint density at radius 1 is 1.25 bits per heavy atom. The quantitative estimate of drug-likeness (QED) is 0.615. The van der Waals surface area contributed by atoms with Crippen LogP contribution in [0.3, 0.4) is 0 Å². The second-order valence-electron chi connectivity index (χ2n) is 4.33. The van der Waals surface area contributed by atoms with Crippen molar-refractivity contribution in [1.29, 1.82) is 0 Å². The lowest BCUT2D eigenvalue weighted by Gasteiger charge is -2.18. The number of rotatable bonds is 8. The van der Waals surface area contributed by atoms with Gasteiger partial charge in [0.05, 0.1) is 6.10 Å². The highest BCUT2D eigenvalue weighted by molar-refractivity contribution is 4.76. The van der Waals surface area contributed by atoms with E-state index in [1.54, 1.807) is 0 Å². The lowest BCUT2D eigenvalue weighted by molar-refractivity contribution is -0.133. The molecule has 0 spiro atoms. The van der Waals surface area contributed by atoms with Crippen LogP contribution < -0.4 is 5.32 Å². The molecule has 0 bridgehead atoms. The van der Waals surface area contributed by atoms with Gasteiger partial charge >= 0.3 is 0 Å². The maximum atomic E-state index is 9.40. The molecule has 1 rings (SSSR count). The first-order valence-corrected chi connectivity index (χ1v) is 6.38. The molecular weight excluding hydrogens is 206 g/mol. The second-order valence-corrected chi connectivity index (χ2v) is 4.33. The van der Waals surface area contributed by atoms with E-state index in [-0.39, 0.29) is 12.4 Å². The summed E-state index contributed by atoms with van der Waals surface area (Å²) < 4.78 is 10.9. The summed E-state index contributed by atoms with van der Waals surface area (Å²) in [7, 11) is 0. The van der Waals surface area contributed by atoms with Crippen molar-refractivity contribution >= 4 is 0 Å². The molecule has 16 heavy (non-hydrogen) atoms. The highest BCUT2D eigenvalue weighted by Crippen LogP contribution is 2.24. The molecule has 1 fully saturated rings. The first kappa shape index (κ1) is 13.9. The van der Waals surface area contributed by atoms with Crippen LogP contribution in [0, 0.1) is 5.92 Å². The van der Waals surface area contributed by atoms with Gasteiger partial charge in [0.15, 0.2) is 6.29 Å². The Labute approximate surface area is 98.3 Å². The molecule has 0 saturated heterocycles. The minimum absolute atomic E-state index is 0.0821. The summed E-state index contributed by atoms with van der Waals surface area (Å²) in [5.41, 5.74) is 0. The van der Waals surface area contributed by atoms with E-state index in [1.807, 2.05) is 13.8 Å². The molecule has 1 aliphatic rings. The van der Waals surface area contributed by atoms with E-state index in [2.05, 4.69) is 5.32 Å². The summed E-state index contributed by atoms with van der Waals surface area (Å²) in [6.45, 7) is 6.98. The Kier molecular flexibility index (Phi) is 6.96. The summed E-state index contributed by atoms with van der Waals surface area (Å²) in [5.74, 6) is 0.610. The van der Waals surface area contributed by atoms with E-state index in [4.69, 9.17) is 9.47 Å². The molecule has 0 amide bonds. The topological polar surface area (TPSA) is 50.7 Å². The molecule has 4 heteroatoms. The Hall–Kier alpha value is -0.160. The number of hydrogen-bond acceptors (Lipinski definition) is 4. The first-order chi connectivity index (χ1) is 7.76. The van der Waals surface area contributed by atoms with Gasteiger partial charge in [-0.3, -0.25) is 0 Å². The van der Waals surface area contributed by atoms with Gasteiger partial charge in [0.2, 0.25) is 0 Å². The van der Waals surface area contributed by atoms with Crippen LogP contribution in [0.1, 0.15) is 33.1 Å². The standard InChI is InChI=1S/C12H25NO3/c1-3-15-12(16-4-2)9-13-8-10-5-6-11(14)7-10/h10-14H,3-9H2,1-2H3. The van der Waals surface area contributed by atoms with Gasteiger partial charge < -0.3 is 19.9 Å². The third-order valence-corrected chi connectivity index (χ3v) is 2.96. The van der Waals surface area contributed by atoms with Gasteiger partial charge in [0.25, 0.3) is 0 Å². The van der Waals surface area contributed by atoms with Crippen LogP contribution in [0.5, 0.6) is 0 Å². The Morgan fingerprint density at radius 2 is 1.94 bits per heavy atom. The van der Waals surface area contributed by atoms with Crippen LogP contribution in [-0.4, -0.2) is 43.8 Å². The number of nitrogens with one attached hydrogen (secondary N) is 1. The first-order valence-electron chi connectivity index (χ1n) is 6.38. The van der Waals surface area contributed by atoms with Gasteiger partial charge in [-0.05, 0) is 45.6 Å². The molecule has 0 aromatic rings. The minimum Gasteiger partial charge on any atom is -0.393 e. The van der Waals surface area contributed by atoms with Crippen LogP contribution in [0.25, 0.3) is 0 Å². The average Bonchev–Trinajstić information content (AvgIpc) is 2.65. The molecule has 2 unspecified atom stereocenters. The van der Waals surface area contributed by atoms with Crippen molar-refractivity contribution in [2.45, 2.75) is 45.5 Å². The van der Waals surface area contributed by atoms with Gasteiger partial charge in [-0.2, -0.15) is 0 Å². The van der Waals surface area contributed by atoms with E-state index in [0.717, 1.165) is 32.4 Å². The normalized spacial score (nSPS) is 25.5. The van der Waals surface area contributed by atoms with Crippen LogP contribution in [-0.2, 0) is 9.47 Å². The number of ether oxygens (including phenoxy) is 2. The van der Waals surface area contributed by atoms with Crippen molar-refractivity contribution < 1.29 is 14.6 Å². The maximum absolute atomic E-state index is 9.40. The van der Waals surface area contributed by atoms with Crippen LogP contribution in [0.2, 0.25) is 0 Å². The van der Waals surface area contributed by atoms with Crippen molar-refractivity contribution in [2.75, 3.05) is 26.3 Å². The molecule has 0 radical (unpaired) electrons. The predicted octanol–water partition coefficient (Wildman–Crippen LogP) is 1.14. The van der Waals surface area contributed by atoms with Crippen molar-refractivity contribution in [3.05, 3.63) is 0 Å². The number of aliphatic hydroxyl groups is 1. The fourth-order valence-electron chi connectivity index (χ4n) is 2.18. The van der Waals surface area contributed by atoms with E-state index >= 15 is 0 Å². The smallest absolute Gasteiger partial charge is 0.169 e. The van der Waals surface area contributed by atoms with Crippen molar-refractivity contribution in [1.82, 2.24) is 5.32 Å². The SMILES string of the molecule is CCOC(CNCC1CCC(O)C1)OCC. The maximum Gasteiger partial charge on any atom is 0.169 e. The van der Waals surface area contributed by atoms with Crippen molar-refractivity contribution in [3.63, 3.8) is 0 Å². The Morgan fingerprint density at radius 3 is 2.44 bits per heavy atom. The largest absolute Gasteiger partial charge is 0.393 e. The molecule has 4 nitrogen and oxygen atoms in total. The lowest BCUT2D eigenvalue weighted by Crippen LogP contribution is -2.34. The van der Waals surface area contributed by atoms with E-state index in [0.29, 0.717) is 19.1 Å². The zero-order chi connectivity index (χ0) is 11.8. The third-order valence-electron chi connectivity index (χ3n) is 2.96. The summed E-state index contributed by atoms with van der Waals surface area (Å²) in [5, 5.41) is 12.8. The molecule has 0 heterocycles. The summed E-state index contributed by atoms with van der Waals surface area (Å²) >= 11 is 0. The van der Waals surface area contributed by atoms with Gasteiger partial charge in [-0.15, -0.1) is 0 Å². The average molecular weight is 231 g/mol. The van der Waals surface area contributed by atoms with Gasteiger partial charge in [0.1, 0.15) is 0 Å². The molecule has 0 aliphatic heterocycles. The fraction of sp³-hybridized carbons (Fsp3) is 1.00. The molecule has 2 atom stereocenters. The molecule has 0 aromatic carbocycles. The molecule has 1 aliphatic carbocycles. The highest BCUT2D eigenvalue weighted by Gasteiger charge is 2.22. The number of aliphatic hydroxyl groups excluding tert-OH is 1. The summed E-state index contributed by atoms with van der Waals surface area (Å²) in [6.07, 6.45) is 2.79. The van der Waals surface area contributed by atoms with Gasteiger partial charge in [-0.25, -0.2) is 0 Å². The number of hydrogen-bond donors (Lipinski definition) is 2. The second kappa shape index (κ2) is 8.01. The van der Waals surface area contributed by atoms with Gasteiger partial charge in [-0.1, -0.05) is 0 Å². The predicted molar refractivity (Wildman–Crippen MR) is 63.3 cm³/mol. The molecule has 2 N–H and O–H groups in total. The van der Waals surface area contributed by atoms with Crippen molar-refractivity contribution in [3.8, 4) is 0 Å².